The molecule has 0 N–H and O–H groups in total. The van der Waals surface area contributed by atoms with Crippen molar-refractivity contribution in [2.75, 3.05) is 18.1 Å². The van der Waals surface area contributed by atoms with E-state index in [1.165, 1.54) is 83.5 Å². The van der Waals surface area contributed by atoms with Crippen LogP contribution in [0.15, 0.2) is 0 Å². The molecule has 1 aliphatic rings. The van der Waals surface area contributed by atoms with Crippen molar-refractivity contribution < 1.29 is 9.53 Å². The summed E-state index contributed by atoms with van der Waals surface area (Å²) in [5.74, 6) is 2.32. The van der Waals surface area contributed by atoms with Crippen LogP contribution in [0.1, 0.15) is 90.4 Å². The van der Waals surface area contributed by atoms with Crippen molar-refractivity contribution in [2.24, 2.45) is 5.92 Å². The monoisotopic (exact) mass is 328 g/mol. The minimum atomic E-state index is -0.0139. The molecule has 0 aliphatic heterocycles. The third-order valence-electron chi connectivity index (χ3n) is 4.29. The molecule has 0 radical (unpaired) electrons. The number of rotatable bonds is 16. The molecule has 0 heterocycles. The van der Waals surface area contributed by atoms with Gasteiger partial charge < -0.3 is 4.74 Å². The Balaban J connectivity index is 1.68. The Hall–Kier alpha value is -0.180. The van der Waals surface area contributed by atoms with Crippen molar-refractivity contribution in [2.45, 2.75) is 90.4 Å². The van der Waals surface area contributed by atoms with Gasteiger partial charge in [0.2, 0.25) is 0 Å². The van der Waals surface area contributed by atoms with Gasteiger partial charge in [-0.05, 0) is 30.9 Å². The van der Waals surface area contributed by atoms with Gasteiger partial charge in [0.15, 0.2) is 0 Å². The number of hydrogen-bond acceptors (Lipinski definition) is 3. The first-order chi connectivity index (χ1) is 10.8. The Morgan fingerprint density at radius 1 is 0.909 bits per heavy atom. The Bertz CT molecular complexity index is 264. The van der Waals surface area contributed by atoms with Gasteiger partial charge in [-0.15, -0.1) is 0 Å². The summed E-state index contributed by atoms with van der Waals surface area (Å²) in [6.45, 7) is 2.94. The molecule has 0 aromatic heterocycles. The van der Waals surface area contributed by atoms with Gasteiger partial charge >= 0.3 is 5.97 Å². The van der Waals surface area contributed by atoms with Gasteiger partial charge in [0, 0.05) is 0 Å². The van der Waals surface area contributed by atoms with Gasteiger partial charge in [-0.2, -0.15) is 11.8 Å². The molecule has 22 heavy (non-hydrogen) atoms. The highest BCUT2D eigenvalue weighted by Gasteiger charge is 2.22. The molecule has 0 bridgehead atoms. The van der Waals surface area contributed by atoms with E-state index in [1.54, 1.807) is 11.8 Å². The van der Waals surface area contributed by atoms with Crippen LogP contribution in [0.2, 0.25) is 0 Å². The zero-order valence-corrected chi connectivity index (χ0v) is 15.4. The predicted octanol–water partition coefficient (Wildman–Crippen LogP) is 5.98. The van der Waals surface area contributed by atoms with E-state index in [0.717, 1.165) is 5.75 Å². The first kappa shape index (κ1) is 19.9. The van der Waals surface area contributed by atoms with E-state index in [-0.39, 0.29) is 5.97 Å². The topological polar surface area (TPSA) is 26.3 Å². The molecule has 0 spiro atoms. The van der Waals surface area contributed by atoms with Crippen molar-refractivity contribution in [3.8, 4) is 0 Å². The van der Waals surface area contributed by atoms with Crippen LogP contribution in [0, 0.1) is 5.92 Å². The summed E-state index contributed by atoms with van der Waals surface area (Å²) in [5.41, 5.74) is 0. The van der Waals surface area contributed by atoms with Gasteiger partial charge in [0.25, 0.3) is 0 Å². The maximum absolute atomic E-state index is 11.4. The number of carbonyl (C=O) groups excluding carboxylic acids is 1. The van der Waals surface area contributed by atoms with E-state index in [9.17, 15) is 4.79 Å². The lowest BCUT2D eigenvalue weighted by Crippen LogP contribution is -2.09. The van der Waals surface area contributed by atoms with E-state index in [0.29, 0.717) is 18.3 Å². The average Bonchev–Trinajstić information content (AvgIpc) is 3.34. The molecule has 0 unspecified atom stereocenters. The van der Waals surface area contributed by atoms with Gasteiger partial charge in [-0.3, -0.25) is 4.79 Å². The summed E-state index contributed by atoms with van der Waals surface area (Å²) in [4.78, 5) is 11.4. The lowest BCUT2D eigenvalue weighted by atomic mass is 10.1. The number of hydrogen-bond donors (Lipinski definition) is 0. The molecule has 0 atom stereocenters. The number of carbonyl (C=O) groups is 1. The maximum Gasteiger partial charge on any atom is 0.315 e. The van der Waals surface area contributed by atoms with Crippen LogP contribution in [-0.4, -0.2) is 24.1 Å². The van der Waals surface area contributed by atoms with Crippen molar-refractivity contribution in [1.29, 1.82) is 0 Å². The fourth-order valence-corrected chi connectivity index (χ4v) is 3.36. The first-order valence-corrected chi connectivity index (χ1v) is 10.7. The van der Waals surface area contributed by atoms with E-state index in [1.807, 2.05) is 0 Å². The van der Waals surface area contributed by atoms with E-state index < -0.39 is 0 Å². The molecule has 130 valence electrons. The molecule has 3 heteroatoms. The molecule has 0 aromatic carbocycles. The van der Waals surface area contributed by atoms with Crippen LogP contribution in [-0.2, 0) is 9.53 Å². The molecule has 0 amide bonds. The number of ether oxygens (including phenoxy) is 1. The molecule has 1 rings (SSSR count). The minimum Gasteiger partial charge on any atom is -0.465 e. The van der Waals surface area contributed by atoms with Crippen molar-refractivity contribution in [1.82, 2.24) is 0 Å². The van der Waals surface area contributed by atoms with E-state index in [2.05, 4.69) is 6.92 Å². The molecule has 1 saturated carbocycles. The molecule has 0 saturated heterocycles. The van der Waals surface area contributed by atoms with Crippen LogP contribution in [0.3, 0.4) is 0 Å². The smallest absolute Gasteiger partial charge is 0.315 e. The van der Waals surface area contributed by atoms with Crippen LogP contribution in [0.25, 0.3) is 0 Å². The minimum absolute atomic E-state index is 0.0139. The second kappa shape index (κ2) is 14.4. The van der Waals surface area contributed by atoms with E-state index >= 15 is 0 Å². The van der Waals surface area contributed by atoms with Gasteiger partial charge in [-0.25, -0.2) is 0 Å². The highest BCUT2D eigenvalue weighted by atomic mass is 32.2. The summed E-state index contributed by atoms with van der Waals surface area (Å²) in [6, 6.07) is 0. The summed E-state index contributed by atoms with van der Waals surface area (Å²) in [6.07, 6.45) is 17.7. The van der Waals surface area contributed by atoms with Crippen molar-refractivity contribution in [3.05, 3.63) is 0 Å². The molecule has 1 fully saturated rings. The highest BCUT2D eigenvalue weighted by molar-refractivity contribution is 7.99. The van der Waals surface area contributed by atoms with Crippen LogP contribution in [0.5, 0.6) is 0 Å². The molecular formula is C19H36O2S. The quantitative estimate of drug-likeness (QED) is 0.257. The zero-order chi connectivity index (χ0) is 15.9. The Kier molecular flexibility index (Phi) is 13.0. The largest absolute Gasteiger partial charge is 0.465 e. The van der Waals surface area contributed by atoms with Gasteiger partial charge in [-0.1, -0.05) is 71.1 Å². The first-order valence-electron chi connectivity index (χ1n) is 9.56. The van der Waals surface area contributed by atoms with Crippen LogP contribution in [0.4, 0.5) is 0 Å². The number of thioether (sulfide) groups is 1. The summed E-state index contributed by atoms with van der Waals surface area (Å²) in [7, 11) is 0. The average molecular weight is 329 g/mol. The molecule has 1 aliphatic carbocycles. The predicted molar refractivity (Wildman–Crippen MR) is 97.5 cm³/mol. The normalized spacial score (nSPS) is 14.2. The summed E-state index contributed by atoms with van der Waals surface area (Å²) < 4.78 is 5.21. The molecule has 0 aromatic rings. The van der Waals surface area contributed by atoms with Crippen molar-refractivity contribution >= 4 is 17.7 Å². The van der Waals surface area contributed by atoms with Crippen LogP contribution >= 0.6 is 11.8 Å². The van der Waals surface area contributed by atoms with Crippen molar-refractivity contribution in [3.63, 3.8) is 0 Å². The second-order valence-corrected chi connectivity index (χ2v) is 7.82. The fraction of sp³-hybridized carbons (Fsp3) is 0.947. The summed E-state index contributed by atoms with van der Waals surface area (Å²) in [5, 5.41) is 0. The second-order valence-electron chi connectivity index (χ2n) is 6.71. The number of unbranched alkanes of at least 4 members (excludes halogenated alkanes) is 10. The molecule has 2 nitrogen and oxygen atoms in total. The lowest BCUT2D eigenvalue weighted by Gasteiger charge is -2.04. The zero-order valence-electron chi connectivity index (χ0n) is 14.6. The molecular weight excluding hydrogens is 292 g/mol. The third kappa shape index (κ3) is 13.5. The Morgan fingerprint density at radius 2 is 1.45 bits per heavy atom. The standard InChI is InChI=1S/C19H36O2S/c1-2-3-4-5-6-7-8-9-10-11-12-15-22-17-19(20)21-16-18-13-14-18/h18H,2-17H2,1H3. The van der Waals surface area contributed by atoms with E-state index in [4.69, 9.17) is 4.74 Å². The van der Waals surface area contributed by atoms with Crippen LogP contribution < -0.4 is 0 Å². The number of esters is 1. The fourth-order valence-electron chi connectivity index (χ4n) is 2.56. The third-order valence-corrected chi connectivity index (χ3v) is 5.31. The SMILES string of the molecule is CCCCCCCCCCCCCSCC(=O)OCC1CC1. The Morgan fingerprint density at radius 3 is 2.00 bits per heavy atom. The summed E-state index contributed by atoms with van der Waals surface area (Å²) >= 11 is 1.74. The van der Waals surface area contributed by atoms with Gasteiger partial charge in [0.1, 0.15) is 0 Å². The Labute approximate surface area is 142 Å². The maximum atomic E-state index is 11.4. The highest BCUT2D eigenvalue weighted by Crippen LogP contribution is 2.28. The lowest BCUT2D eigenvalue weighted by molar-refractivity contribution is -0.140. The van der Waals surface area contributed by atoms with Gasteiger partial charge in [0.05, 0.1) is 12.4 Å².